The van der Waals surface area contributed by atoms with Gasteiger partial charge < -0.3 is 5.11 Å². The van der Waals surface area contributed by atoms with Crippen LogP contribution in [0.1, 0.15) is 45.1 Å². The Bertz CT molecular complexity index is 493. The van der Waals surface area contributed by atoms with Gasteiger partial charge in [0.2, 0.25) is 0 Å². The zero-order valence-corrected chi connectivity index (χ0v) is 13.4. The van der Waals surface area contributed by atoms with Crippen molar-refractivity contribution in [2.45, 2.75) is 46.0 Å². The third kappa shape index (κ3) is 3.12. The van der Waals surface area contributed by atoms with E-state index >= 15 is 0 Å². The zero-order valence-electron chi connectivity index (χ0n) is 11.9. The number of hydrogen-bond donors (Lipinski definition) is 1. The van der Waals surface area contributed by atoms with Crippen molar-refractivity contribution in [1.82, 2.24) is 0 Å². The van der Waals surface area contributed by atoms with Crippen LogP contribution in [0.2, 0.25) is 10.0 Å². The molecule has 2 nitrogen and oxygen atoms in total. The van der Waals surface area contributed by atoms with Crippen LogP contribution < -0.4 is 0 Å². The molecule has 0 amide bonds. The molecule has 0 aromatic heterocycles. The van der Waals surface area contributed by atoms with Gasteiger partial charge in [-0.15, -0.1) is 0 Å². The van der Waals surface area contributed by atoms with E-state index in [0.717, 1.165) is 18.4 Å². The molecule has 1 aliphatic rings. The highest BCUT2D eigenvalue weighted by Crippen LogP contribution is 2.48. The summed E-state index contributed by atoms with van der Waals surface area (Å²) in [5.41, 5.74) is 0.255. The fourth-order valence-electron chi connectivity index (χ4n) is 2.91. The van der Waals surface area contributed by atoms with Gasteiger partial charge in [-0.25, -0.2) is 0 Å². The van der Waals surface area contributed by atoms with Crippen LogP contribution in [-0.2, 0) is 11.2 Å². The minimum atomic E-state index is -0.732. The third-order valence-electron chi connectivity index (χ3n) is 4.59. The molecule has 0 heterocycles. The molecule has 1 aliphatic carbocycles. The van der Waals surface area contributed by atoms with Gasteiger partial charge in [0.25, 0.3) is 0 Å². The molecule has 0 unspecified atom stereocenters. The molecule has 1 fully saturated rings. The highest BCUT2D eigenvalue weighted by Gasteiger charge is 2.44. The summed E-state index contributed by atoms with van der Waals surface area (Å²) in [6.07, 6.45) is 3.60. The average molecular weight is 315 g/mol. The second-order valence-corrected chi connectivity index (χ2v) is 7.44. The van der Waals surface area contributed by atoms with Crippen LogP contribution in [0, 0.1) is 10.8 Å². The van der Waals surface area contributed by atoms with Gasteiger partial charge in [-0.3, -0.25) is 4.79 Å². The van der Waals surface area contributed by atoms with Gasteiger partial charge >= 0.3 is 5.97 Å². The molecule has 1 aromatic carbocycles. The first-order valence-corrected chi connectivity index (χ1v) is 7.68. The Kier molecular flexibility index (Phi) is 4.36. The molecule has 0 aliphatic heterocycles. The van der Waals surface area contributed by atoms with Crippen molar-refractivity contribution in [3.63, 3.8) is 0 Å². The fourth-order valence-corrected chi connectivity index (χ4v) is 3.44. The van der Waals surface area contributed by atoms with Gasteiger partial charge in [0.05, 0.1) is 5.41 Å². The number of carboxylic acids is 1. The first-order valence-electron chi connectivity index (χ1n) is 6.92. The summed E-state index contributed by atoms with van der Waals surface area (Å²) in [7, 11) is 0. The van der Waals surface area contributed by atoms with E-state index in [0.29, 0.717) is 29.3 Å². The maximum atomic E-state index is 11.8. The van der Waals surface area contributed by atoms with E-state index in [4.69, 9.17) is 23.2 Å². The topological polar surface area (TPSA) is 37.3 Å². The Morgan fingerprint density at radius 3 is 2.10 bits per heavy atom. The molecule has 0 spiro atoms. The summed E-state index contributed by atoms with van der Waals surface area (Å²) in [4.78, 5) is 11.8. The highest BCUT2D eigenvalue weighted by atomic mass is 35.5. The largest absolute Gasteiger partial charge is 0.481 e. The highest BCUT2D eigenvalue weighted by molar-refractivity contribution is 6.36. The van der Waals surface area contributed by atoms with Crippen LogP contribution >= 0.6 is 23.2 Å². The Morgan fingerprint density at radius 1 is 1.15 bits per heavy atom. The van der Waals surface area contributed by atoms with Gasteiger partial charge in [0, 0.05) is 10.0 Å². The molecule has 0 saturated heterocycles. The Hall–Kier alpha value is -0.730. The minimum Gasteiger partial charge on any atom is -0.481 e. The SMILES string of the molecule is CC1(C)CCC(Cc2c(Cl)cccc2Cl)(C(=O)O)CC1. The number of halogens is 2. The zero-order chi connectivity index (χ0) is 15.0. The van der Waals surface area contributed by atoms with Gasteiger partial charge in [0.15, 0.2) is 0 Å². The summed E-state index contributed by atoms with van der Waals surface area (Å²) in [6.45, 7) is 4.39. The van der Waals surface area contributed by atoms with Gasteiger partial charge in [-0.05, 0) is 55.2 Å². The molecule has 1 aromatic rings. The average Bonchev–Trinajstić information content (AvgIpc) is 2.36. The first-order chi connectivity index (χ1) is 9.26. The first kappa shape index (κ1) is 15.7. The number of hydrogen-bond acceptors (Lipinski definition) is 1. The number of carboxylic acid groups (broad SMARTS) is 1. The van der Waals surface area contributed by atoms with Crippen LogP contribution in [0.25, 0.3) is 0 Å². The molecular weight excluding hydrogens is 295 g/mol. The van der Waals surface area contributed by atoms with Crippen molar-refractivity contribution < 1.29 is 9.90 Å². The van der Waals surface area contributed by atoms with E-state index < -0.39 is 11.4 Å². The molecular formula is C16H20Cl2O2. The van der Waals surface area contributed by atoms with Crippen LogP contribution in [0.15, 0.2) is 18.2 Å². The smallest absolute Gasteiger partial charge is 0.309 e. The molecule has 4 heteroatoms. The van der Waals surface area contributed by atoms with Crippen molar-refractivity contribution in [3.8, 4) is 0 Å². The van der Waals surface area contributed by atoms with E-state index in [1.165, 1.54) is 0 Å². The summed E-state index contributed by atoms with van der Waals surface area (Å²) < 4.78 is 0. The number of carbonyl (C=O) groups is 1. The summed E-state index contributed by atoms with van der Waals surface area (Å²) in [5.74, 6) is -0.732. The van der Waals surface area contributed by atoms with Crippen LogP contribution in [0.4, 0.5) is 0 Å². The Labute approximate surface area is 130 Å². The lowest BCUT2D eigenvalue weighted by molar-refractivity contribution is -0.152. The fraction of sp³-hybridized carbons (Fsp3) is 0.562. The molecule has 0 radical (unpaired) electrons. The van der Waals surface area contributed by atoms with Crippen molar-refractivity contribution >= 4 is 29.2 Å². The molecule has 0 atom stereocenters. The molecule has 1 N–H and O–H groups in total. The summed E-state index contributed by atoms with van der Waals surface area (Å²) in [5, 5.41) is 10.8. The predicted octanol–water partition coefficient (Wildman–Crippen LogP) is 5.21. The van der Waals surface area contributed by atoms with Crippen LogP contribution in [-0.4, -0.2) is 11.1 Å². The molecule has 1 saturated carbocycles. The quantitative estimate of drug-likeness (QED) is 0.831. The van der Waals surface area contributed by atoms with Crippen LogP contribution in [0.3, 0.4) is 0 Å². The second-order valence-electron chi connectivity index (χ2n) is 6.63. The normalized spacial score (nSPS) is 20.6. The van der Waals surface area contributed by atoms with Crippen molar-refractivity contribution in [2.24, 2.45) is 10.8 Å². The number of rotatable bonds is 3. The Balaban J connectivity index is 2.30. The van der Waals surface area contributed by atoms with Crippen LogP contribution in [0.5, 0.6) is 0 Å². The molecule has 110 valence electrons. The van der Waals surface area contributed by atoms with E-state index in [9.17, 15) is 9.90 Å². The van der Waals surface area contributed by atoms with Crippen molar-refractivity contribution in [2.75, 3.05) is 0 Å². The van der Waals surface area contributed by atoms with E-state index in [1.54, 1.807) is 18.2 Å². The molecule has 0 bridgehead atoms. The van der Waals surface area contributed by atoms with E-state index in [1.807, 2.05) is 0 Å². The van der Waals surface area contributed by atoms with E-state index in [-0.39, 0.29) is 5.41 Å². The second kappa shape index (κ2) is 5.57. The maximum absolute atomic E-state index is 11.8. The van der Waals surface area contributed by atoms with Gasteiger partial charge in [-0.1, -0.05) is 43.1 Å². The lowest BCUT2D eigenvalue weighted by atomic mass is 9.63. The lowest BCUT2D eigenvalue weighted by Crippen LogP contribution is -2.39. The van der Waals surface area contributed by atoms with E-state index in [2.05, 4.69) is 13.8 Å². The lowest BCUT2D eigenvalue weighted by Gasteiger charge is -2.41. The summed E-state index contributed by atoms with van der Waals surface area (Å²) >= 11 is 12.4. The number of benzene rings is 1. The standard InChI is InChI=1S/C16H20Cl2O2/c1-15(2)6-8-16(9-7-15,14(19)20)10-11-12(17)4-3-5-13(11)18/h3-5H,6-10H2,1-2H3,(H,19,20). The van der Waals surface area contributed by atoms with Crippen molar-refractivity contribution in [1.29, 1.82) is 0 Å². The molecule has 20 heavy (non-hydrogen) atoms. The maximum Gasteiger partial charge on any atom is 0.309 e. The predicted molar refractivity (Wildman–Crippen MR) is 82.5 cm³/mol. The van der Waals surface area contributed by atoms with Gasteiger partial charge in [0.1, 0.15) is 0 Å². The van der Waals surface area contributed by atoms with Gasteiger partial charge in [-0.2, -0.15) is 0 Å². The number of aliphatic carboxylic acids is 1. The Morgan fingerprint density at radius 2 is 1.65 bits per heavy atom. The summed E-state index contributed by atoms with van der Waals surface area (Å²) in [6, 6.07) is 5.32. The minimum absolute atomic E-state index is 0.225. The monoisotopic (exact) mass is 314 g/mol. The molecule has 2 rings (SSSR count). The third-order valence-corrected chi connectivity index (χ3v) is 5.30. The van der Waals surface area contributed by atoms with Crippen molar-refractivity contribution in [3.05, 3.63) is 33.8 Å².